The molecule has 2 aliphatic carbocycles. The van der Waals surface area contributed by atoms with E-state index in [4.69, 9.17) is 4.42 Å². The largest absolute Gasteiger partial charge is 0.465 e. The summed E-state index contributed by atoms with van der Waals surface area (Å²) in [6.45, 7) is 1.77. The monoisotopic (exact) mass is 323 g/mol. The van der Waals surface area contributed by atoms with Gasteiger partial charge in [-0.3, -0.25) is 9.59 Å². The van der Waals surface area contributed by atoms with Gasteiger partial charge in [-0.05, 0) is 43.7 Å². The van der Waals surface area contributed by atoms with Crippen molar-refractivity contribution in [1.82, 2.24) is 5.32 Å². The van der Waals surface area contributed by atoms with Crippen LogP contribution in [-0.4, -0.2) is 17.7 Å². The Morgan fingerprint density at radius 1 is 1.17 bits per heavy atom. The zero-order valence-electron chi connectivity index (χ0n) is 13.9. The molecule has 2 aliphatic rings. The Bertz CT molecular complexity index is 818. The number of fused-ring (bicyclic) bond motifs is 2. The summed E-state index contributed by atoms with van der Waals surface area (Å²) in [7, 11) is 0. The first-order chi connectivity index (χ1) is 11.6. The lowest BCUT2D eigenvalue weighted by atomic mass is 9.88. The number of rotatable bonds is 2. The molecular formula is C20H21NO3. The molecule has 0 saturated heterocycles. The SMILES string of the molecule is Cc1oc2c(c1C(=O)N[C@@H]1CCc3ccccc3C1)C(=O)CCC2. The predicted octanol–water partition coefficient (Wildman–Crippen LogP) is 3.39. The van der Waals surface area contributed by atoms with E-state index in [0.29, 0.717) is 29.1 Å². The van der Waals surface area contributed by atoms with Gasteiger partial charge in [0.25, 0.3) is 5.91 Å². The molecule has 1 N–H and O–H groups in total. The maximum absolute atomic E-state index is 12.8. The first-order valence-corrected chi connectivity index (χ1v) is 8.66. The zero-order valence-corrected chi connectivity index (χ0v) is 13.9. The quantitative estimate of drug-likeness (QED) is 0.921. The highest BCUT2D eigenvalue weighted by atomic mass is 16.3. The number of hydrogen-bond acceptors (Lipinski definition) is 3. The summed E-state index contributed by atoms with van der Waals surface area (Å²) in [5.74, 6) is 1.11. The second kappa shape index (κ2) is 5.93. The van der Waals surface area contributed by atoms with Gasteiger partial charge in [-0.25, -0.2) is 0 Å². The number of hydrogen-bond donors (Lipinski definition) is 1. The Hall–Kier alpha value is -2.36. The van der Waals surface area contributed by atoms with Crippen LogP contribution in [0.1, 0.15) is 62.6 Å². The van der Waals surface area contributed by atoms with E-state index in [2.05, 4.69) is 23.5 Å². The van der Waals surface area contributed by atoms with Crippen LogP contribution < -0.4 is 5.32 Å². The number of ketones is 1. The third-order valence-electron chi connectivity index (χ3n) is 5.15. The van der Waals surface area contributed by atoms with Crippen LogP contribution in [0.15, 0.2) is 28.7 Å². The summed E-state index contributed by atoms with van der Waals surface area (Å²) in [6, 6.07) is 8.49. The van der Waals surface area contributed by atoms with Crippen molar-refractivity contribution in [3.63, 3.8) is 0 Å². The van der Waals surface area contributed by atoms with Gasteiger partial charge in [-0.1, -0.05) is 24.3 Å². The molecule has 4 rings (SSSR count). The minimum absolute atomic E-state index is 0.0345. The third kappa shape index (κ3) is 2.56. The first-order valence-electron chi connectivity index (χ1n) is 8.66. The molecule has 0 bridgehead atoms. The number of benzene rings is 1. The summed E-state index contributed by atoms with van der Waals surface area (Å²) < 4.78 is 5.69. The van der Waals surface area contributed by atoms with Gasteiger partial charge < -0.3 is 9.73 Å². The Morgan fingerprint density at radius 3 is 2.79 bits per heavy atom. The van der Waals surface area contributed by atoms with Gasteiger partial charge in [-0.2, -0.15) is 0 Å². The highest BCUT2D eigenvalue weighted by Crippen LogP contribution is 2.30. The molecule has 124 valence electrons. The molecule has 0 aliphatic heterocycles. The molecule has 0 unspecified atom stereocenters. The number of amides is 1. The lowest BCUT2D eigenvalue weighted by molar-refractivity contribution is 0.0913. The number of carbonyl (C=O) groups excluding carboxylic acids is 2. The van der Waals surface area contributed by atoms with Crippen LogP contribution in [0.5, 0.6) is 0 Å². The molecule has 24 heavy (non-hydrogen) atoms. The van der Waals surface area contributed by atoms with Gasteiger partial charge in [0.05, 0.1) is 11.1 Å². The van der Waals surface area contributed by atoms with Gasteiger partial charge >= 0.3 is 0 Å². The molecule has 0 fully saturated rings. The van der Waals surface area contributed by atoms with Crippen molar-refractivity contribution in [2.45, 2.75) is 51.5 Å². The van der Waals surface area contributed by atoms with E-state index in [9.17, 15) is 9.59 Å². The average Bonchev–Trinajstić information content (AvgIpc) is 2.92. The molecule has 0 saturated carbocycles. The minimum atomic E-state index is -0.169. The maximum atomic E-state index is 12.8. The number of Topliss-reactive ketones (excluding diaryl/α,β-unsaturated/α-hetero) is 1. The van der Waals surface area contributed by atoms with Crippen molar-refractivity contribution in [2.24, 2.45) is 0 Å². The topological polar surface area (TPSA) is 59.3 Å². The molecule has 4 nitrogen and oxygen atoms in total. The van der Waals surface area contributed by atoms with E-state index in [0.717, 1.165) is 32.1 Å². The number of aryl methyl sites for hydroxylation is 3. The lowest BCUT2D eigenvalue weighted by Crippen LogP contribution is -2.39. The molecule has 4 heteroatoms. The smallest absolute Gasteiger partial charge is 0.255 e. The second-order valence-corrected chi connectivity index (χ2v) is 6.79. The van der Waals surface area contributed by atoms with Gasteiger partial charge in [0.1, 0.15) is 11.5 Å². The van der Waals surface area contributed by atoms with Crippen molar-refractivity contribution in [2.75, 3.05) is 0 Å². The molecule has 1 amide bonds. The summed E-state index contributed by atoms with van der Waals surface area (Å²) in [5, 5.41) is 3.12. The van der Waals surface area contributed by atoms with E-state index >= 15 is 0 Å². The van der Waals surface area contributed by atoms with E-state index in [1.54, 1.807) is 6.92 Å². The van der Waals surface area contributed by atoms with Crippen LogP contribution in [0, 0.1) is 6.92 Å². The van der Waals surface area contributed by atoms with Crippen molar-refractivity contribution in [3.8, 4) is 0 Å². The molecular weight excluding hydrogens is 302 g/mol. The molecule has 2 aromatic rings. The Labute approximate surface area is 141 Å². The molecule has 0 spiro atoms. The number of nitrogens with one attached hydrogen (secondary N) is 1. The fourth-order valence-electron chi connectivity index (χ4n) is 3.96. The van der Waals surface area contributed by atoms with Crippen LogP contribution in [0.3, 0.4) is 0 Å². The number of furan rings is 1. The standard InChI is InChI=1S/C20H21NO3/c1-12-18(19-16(22)7-4-8-17(19)24-12)20(23)21-15-10-9-13-5-2-3-6-14(13)11-15/h2-3,5-6,15H,4,7-11H2,1H3,(H,21,23)/t15-/m1/s1. The normalized spacial score (nSPS) is 19.5. The van der Waals surface area contributed by atoms with Crippen LogP contribution in [0.2, 0.25) is 0 Å². The van der Waals surface area contributed by atoms with E-state index in [1.165, 1.54) is 11.1 Å². The van der Waals surface area contributed by atoms with Crippen molar-refractivity contribution < 1.29 is 14.0 Å². The zero-order chi connectivity index (χ0) is 16.7. The third-order valence-corrected chi connectivity index (χ3v) is 5.15. The molecule has 1 aromatic heterocycles. The van der Waals surface area contributed by atoms with Crippen molar-refractivity contribution >= 4 is 11.7 Å². The highest BCUT2D eigenvalue weighted by molar-refractivity contribution is 6.10. The average molecular weight is 323 g/mol. The second-order valence-electron chi connectivity index (χ2n) is 6.79. The van der Waals surface area contributed by atoms with Crippen molar-refractivity contribution in [1.29, 1.82) is 0 Å². The van der Waals surface area contributed by atoms with Gasteiger partial charge in [0.15, 0.2) is 5.78 Å². The summed E-state index contributed by atoms with van der Waals surface area (Å²) >= 11 is 0. The lowest BCUT2D eigenvalue weighted by Gasteiger charge is -2.25. The fraction of sp³-hybridized carbons (Fsp3) is 0.400. The van der Waals surface area contributed by atoms with Gasteiger partial charge in [0, 0.05) is 18.9 Å². The summed E-state index contributed by atoms with van der Waals surface area (Å²) in [4.78, 5) is 25.0. The highest BCUT2D eigenvalue weighted by Gasteiger charge is 2.31. The van der Waals surface area contributed by atoms with Gasteiger partial charge in [-0.15, -0.1) is 0 Å². The minimum Gasteiger partial charge on any atom is -0.465 e. The van der Waals surface area contributed by atoms with Crippen LogP contribution in [-0.2, 0) is 19.3 Å². The summed E-state index contributed by atoms with van der Waals surface area (Å²) in [5.41, 5.74) is 3.65. The molecule has 1 atom stereocenters. The Balaban J connectivity index is 1.56. The fourth-order valence-corrected chi connectivity index (χ4v) is 3.96. The van der Waals surface area contributed by atoms with Crippen molar-refractivity contribution in [3.05, 3.63) is 58.0 Å². The molecule has 0 radical (unpaired) electrons. The van der Waals surface area contributed by atoms with E-state index in [-0.39, 0.29) is 17.7 Å². The Kier molecular flexibility index (Phi) is 3.75. The van der Waals surface area contributed by atoms with Crippen LogP contribution >= 0.6 is 0 Å². The predicted molar refractivity (Wildman–Crippen MR) is 90.4 cm³/mol. The summed E-state index contributed by atoms with van der Waals surface area (Å²) in [6.07, 6.45) is 4.79. The first kappa shape index (κ1) is 15.2. The van der Waals surface area contributed by atoms with Crippen LogP contribution in [0.4, 0.5) is 0 Å². The van der Waals surface area contributed by atoms with E-state index < -0.39 is 0 Å². The maximum Gasteiger partial charge on any atom is 0.255 e. The Morgan fingerprint density at radius 2 is 1.96 bits per heavy atom. The number of carbonyl (C=O) groups is 2. The van der Waals surface area contributed by atoms with E-state index in [1.807, 2.05) is 6.07 Å². The van der Waals surface area contributed by atoms with Crippen LogP contribution in [0.25, 0.3) is 0 Å². The van der Waals surface area contributed by atoms with Gasteiger partial charge in [0.2, 0.25) is 0 Å². The molecule has 1 heterocycles. The molecule has 1 aromatic carbocycles.